The van der Waals surface area contributed by atoms with Crippen LogP contribution in [0, 0.1) is 16.2 Å². The lowest BCUT2D eigenvalue weighted by Gasteiger charge is -2.37. The summed E-state index contributed by atoms with van der Waals surface area (Å²) >= 11 is 0. The van der Waals surface area contributed by atoms with Gasteiger partial charge in [0.2, 0.25) is 0 Å². The molecule has 10 nitrogen and oxygen atoms in total. The van der Waals surface area contributed by atoms with Crippen molar-refractivity contribution in [3.8, 4) is 5.75 Å². The second kappa shape index (κ2) is 12.9. The molecule has 1 aromatic rings. The molecule has 0 saturated heterocycles. The zero-order valence-corrected chi connectivity index (χ0v) is 26.6. The van der Waals surface area contributed by atoms with E-state index in [9.17, 15) is 65.3 Å². The minimum absolute atomic E-state index is 0.0729. The summed E-state index contributed by atoms with van der Waals surface area (Å²) in [5.74, 6) is -0.860. The molecule has 2 unspecified atom stereocenters. The zero-order chi connectivity index (χ0) is 35.0. The Morgan fingerprint density at radius 2 is 1.30 bits per heavy atom. The lowest BCUT2D eigenvalue weighted by atomic mass is 9.76. The number of sulfonamides is 2. The number of benzene rings is 1. The van der Waals surface area contributed by atoms with Crippen LogP contribution in [0.25, 0.3) is 0 Å². The molecule has 44 heavy (non-hydrogen) atoms. The van der Waals surface area contributed by atoms with Gasteiger partial charge in [-0.25, -0.2) is 4.39 Å². The van der Waals surface area contributed by atoms with Gasteiger partial charge in [-0.05, 0) is 55.7 Å². The van der Waals surface area contributed by atoms with Gasteiger partial charge in [0.25, 0.3) is 9.74 Å². The summed E-state index contributed by atoms with van der Waals surface area (Å²) in [6, 6.07) is 3.79. The third-order valence-electron chi connectivity index (χ3n) is 6.95. The number of hydrogen-bond donors (Lipinski definition) is 0. The van der Waals surface area contributed by atoms with E-state index in [1.165, 1.54) is 0 Å². The Morgan fingerprint density at radius 3 is 1.73 bits per heavy atom. The van der Waals surface area contributed by atoms with E-state index in [1.807, 2.05) is 20.8 Å². The maximum atomic E-state index is 14.3. The average molecular weight is 715 g/mol. The van der Waals surface area contributed by atoms with Crippen molar-refractivity contribution >= 4 is 30.2 Å². The van der Waals surface area contributed by atoms with Crippen LogP contribution in [-0.4, -0.2) is 63.2 Å². The minimum atomic E-state index is -7.99. The molecule has 0 aromatic heterocycles. The van der Waals surface area contributed by atoms with Crippen LogP contribution in [-0.2, 0) is 41.3 Å². The van der Waals surface area contributed by atoms with Gasteiger partial charge in [0.15, 0.2) is 0 Å². The maximum Gasteiger partial charge on any atom is 0.566 e. The molecule has 0 aliphatic carbocycles. The van der Waals surface area contributed by atoms with E-state index in [1.54, 1.807) is 0 Å². The van der Waals surface area contributed by atoms with Gasteiger partial charge < -0.3 is 8.92 Å². The van der Waals surface area contributed by atoms with E-state index in [2.05, 4.69) is 25.0 Å². The molecule has 0 spiro atoms. The first kappa shape index (κ1) is 39.9. The van der Waals surface area contributed by atoms with E-state index in [-0.39, 0.29) is 24.4 Å². The number of rotatable bonds is 16. The minimum Gasteiger partial charge on any atom is -0.378 e. The lowest BCUT2D eigenvalue weighted by Crippen LogP contribution is -2.56. The Labute approximate surface area is 249 Å². The summed E-state index contributed by atoms with van der Waals surface area (Å²) in [4.78, 5) is 11.2. The molecule has 0 aliphatic rings. The first-order valence-electron chi connectivity index (χ1n) is 12.5. The first-order chi connectivity index (χ1) is 19.4. The number of hydrogen-bond acceptors (Lipinski definition) is 9. The van der Waals surface area contributed by atoms with Crippen LogP contribution >= 0.6 is 0 Å². The molecule has 0 N–H and O–H groups in total. The number of nitroso groups, excluding NO2 is 1. The predicted molar refractivity (Wildman–Crippen MR) is 140 cm³/mol. The van der Waals surface area contributed by atoms with Crippen molar-refractivity contribution in [2.75, 3.05) is 6.61 Å². The summed E-state index contributed by atoms with van der Waals surface area (Å²) in [6.07, 6.45) is -3.78. The fourth-order valence-corrected chi connectivity index (χ4v) is 6.77. The molecular formula is C23H32F8NO9S3+. The van der Waals surface area contributed by atoms with Crippen LogP contribution in [0.15, 0.2) is 24.3 Å². The monoisotopic (exact) mass is 714 g/mol. The topological polar surface area (TPSA) is 141 Å². The van der Waals surface area contributed by atoms with Crippen molar-refractivity contribution < 1.29 is 72.9 Å². The summed E-state index contributed by atoms with van der Waals surface area (Å²) in [7, 11) is -22.6. The third-order valence-corrected chi connectivity index (χ3v) is 11.7. The first-order valence-corrected chi connectivity index (χ1v) is 16.8. The van der Waals surface area contributed by atoms with Crippen molar-refractivity contribution in [3.63, 3.8) is 0 Å². The van der Waals surface area contributed by atoms with Crippen LogP contribution < -0.4 is 4.18 Å². The standard InChI is InChI=1S/C23H32F8NO9S3/c1-7-19(3,4)14-15(2)20(5,6)40-13-12-16-8-10-17(11-9-16)41-44(38,39)22(27,28)18(24)21(25,26)42(34,35)32(33)43(36,37)23(29,30)31/h8-11,15,18H,7,12-14H2,1-6H3/q+1. The SMILES string of the molecule is CCC(C)(C)CC(C)C(C)(C)OCCc1ccc(OS(=O)(=O)C(F)(F)C(F)C(F)(F)S(=O)(=O)[N+](=O)S(=O)(=O)C(F)(F)F)cc1. The van der Waals surface area contributed by atoms with Crippen LogP contribution in [0.1, 0.15) is 59.9 Å². The van der Waals surface area contributed by atoms with E-state index in [0.717, 1.165) is 37.1 Å². The Kier molecular flexibility index (Phi) is 11.7. The molecule has 0 radical (unpaired) electrons. The predicted octanol–water partition coefficient (Wildman–Crippen LogP) is 5.68. The van der Waals surface area contributed by atoms with Crippen molar-refractivity contribution in [3.05, 3.63) is 34.7 Å². The molecule has 1 aromatic carbocycles. The molecule has 0 fully saturated rings. The van der Waals surface area contributed by atoms with Crippen LogP contribution in [0.3, 0.4) is 0 Å². The quantitative estimate of drug-likeness (QED) is 0.120. The van der Waals surface area contributed by atoms with Gasteiger partial charge >= 0.3 is 46.2 Å². The Hall–Kier alpha value is -2.13. The number of ether oxygens (including phenoxy) is 1. The van der Waals surface area contributed by atoms with Crippen LogP contribution in [0.4, 0.5) is 35.1 Å². The highest BCUT2D eigenvalue weighted by molar-refractivity contribution is 7.98. The largest absolute Gasteiger partial charge is 0.566 e. The Morgan fingerprint density at radius 1 is 0.818 bits per heavy atom. The number of halogens is 8. The average Bonchev–Trinajstić information content (AvgIpc) is 2.87. The molecule has 0 amide bonds. The molecule has 0 aliphatic heterocycles. The van der Waals surface area contributed by atoms with Crippen LogP contribution in [0.5, 0.6) is 5.75 Å². The highest BCUT2D eigenvalue weighted by Gasteiger charge is 2.78. The molecule has 0 saturated carbocycles. The van der Waals surface area contributed by atoms with Gasteiger partial charge in [-0.1, -0.05) is 46.2 Å². The summed E-state index contributed by atoms with van der Waals surface area (Å²) in [5.41, 5.74) is -6.86. The highest BCUT2D eigenvalue weighted by Crippen LogP contribution is 2.43. The fourth-order valence-electron chi connectivity index (χ4n) is 3.45. The fraction of sp³-hybridized carbons (Fsp3) is 0.739. The third kappa shape index (κ3) is 8.36. The van der Waals surface area contributed by atoms with Crippen molar-refractivity contribution in [1.82, 2.24) is 0 Å². The van der Waals surface area contributed by atoms with E-state index in [4.69, 9.17) is 4.74 Å². The molecule has 21 heteroatoms. The Bertz CT molecular complexity index is 1510. The molecule has 2 atom stereocenters. The van der Waals surface area contributed by atoms with Gasteiger partial charge in [0.05, 0.1) is 17.1 Å². The normalized spacial score (nSPS) is 16.0. The summed E-state index contributed by atoms with van der Waals surface area (Å²) in [6.45, 7) is 12.3. The van der Waals surface area contributed by atoms with Gasteiger partial charge in [0, 0.05) is 0 Å². The van der Waals surface area contributed by atoms with Gasteiger partial charge in [-0.15, -0.1) is 8.42 Å². The van der Waals surface area contributed by atoms with Crippen molar-refractivity contribution in [1.29, 1.82) is 0 Å². The van der Waals surface area contributed by atoms with Crippen molar-refractivity contribution in [2.24, 2.45) is 11.3 Å². The van der Waals surface area contributed by atoms with E-state index in [0.29, 0.717) is 5.56 Å². The molecule has 1 rings (SSSR count). The van der Waals surface area contributed by atoms with Crippen LogP contribution in [0.2, 0.25) is 0 Å². The number of alkyl halides is 8. The zero-order valence-electron chi connectivity index (χ0n) is 24.2. The second-order valence-electron chi connectivity index (χ2n) is 11.1. The summed E-state index contributed by atoms with van der Waals surface area (Å²) in [5, 5.41) is -13.6. The smallest absolute Gasteiger partial charge is 0.378 e. The molecule has 0 bridgehead atoms. The van der Waals surface area contributed by atoms with Gasteiger partial charge in [-0.3, -0.25) is 0 Å². The molecule has 0 heterocycles. The highest BCUT2D eigenvalue weighted by atomic mass is 32.3. The van der Waals surface area contributed by atoms with Gasteiger partial charge in [-0.2, -0.15) is 47.6 Å². The molecular weight excluding hydrogens is 682 g/mol. The van der Waals surface area contributed by atoms with E-state index >= 15 is 0 Å². The van der Waals surface area contributed by atoms with E-state index < -0.39 is 67.3 Å². The lowest BCUT2D eigenvalue weighted by molar-refractivity contribution is -0.248. The van der Waals surface area contributed by atoms with Crippen molar-refractivity contribution in [2.45, 2.75) is 88.6 Å². The summed E-state index contributed by atoms with van der Waals surface area (Å²) < 4.78 is 183. The molecule has 256 valence electrons. The van der Waals surface area contributed by atoms with Gasteiger partial charge in [0.1, 0.15) is 5.75 Å². The number of nitrogens with zero attached hydrogens (tertiary/aromatic N) is 1. The second-order valence-corrected chi connectivity index (χ2v) is 16.5. The Balaban J connectivity index is 3.07. The maximum absolute atomic E-state index is 14.3.